The van der Waals surface area contributed by atoms with Crippen molar-refractivity contribution >= 4 is 0 Å². The number of nitrogens with one attached hydrogen (secondary N) is 1. The molecule has 4 nitrogen and oxygen atoms in total. The molecule has 4 rings (SSSR count). The van der Waals surface area contributed by atoms with Gasteiger partial charge < -0.3 is 14.6 Å². The lowest BCUT2D eigenvalue weighted by atomic mass is 9.98. The van der Waals surface area contributed by atoms with Crippen LogP contribution in [0.25, 0.3) is 0 Å². The van der Waals surface area contributed by atoms with Crippen LogP contribution in [0.5, 0.6) is 0 Å². The Morgan fingerprint density at radius 2 is 2.10 bits per heavy atom. The van der Waals surface area contributed by atoms with E-state index in [0.717, 1.165) is 25.0 Å². The Bertz CT molecular complexity index is 500. The molecule has 1 saturated heterocycles. The van der Waals surface area contributed by atoms with Crippen LogP contribution in [0.3, 0.4) is 0 Å². The van der Waals surface area contributed by atoms with Gasteiger partial charge >= 0.3 is 0 Å². The molecule has 21 heavy (non-hydrogen) atoms. The number of aryl methyl sites for hydroxylation is 1. The molecule has 0 amide bonds. The number of ether oxygens (including phenoxy) is 1. The van der Waals surface area contributed by atoms with Gasteiger partial charge in [-0.05, 0) is 45.4 Å². The molecule has 0 radical (unpaired) electrons. The quantitative estimate of drug-likeness (QED) is 0.906. The van der Waals surface area contributed by atoms with Crippen molar-refractivity contribution in [3.8, 4) is 0 Å². The summed E-state index contributed by atoms with van der Waals surface area (Å²) in [6, 6.07) is 0.748. The van der Waals surface area contributed by atoms with E-state index in [-0.39, 0.29) is 5.60 Å². The maximum atomic E-state index is 6.46. The number of nitrogens with zero attached hydrogens (tertiary/aromatic N) is 2. The van der Waals surface area contributed by atoms with Gasteiger partial charge in [0.05, 0.1) is 23.9 Å². The molecule has 1 spiro atoms. The summed E-state index contributed by atoms with van der Waals surface area (Å²) >= 11 is 0. The molecule has 1 N–H and O–H groups in total. The van der Waals surface area contributed by atoms with Crippen LogP contribution in [0, 0.1) is 6.92 Å². The number of rotatable bonds is 5. The smallest absolute Gasteiger partial charge is 0.105 e. The Morgan fingerprint density at radius 3 is 2.86 bits per heavy atom. The Hall–Kier alpha value is -0.870. The van der Waals surface area contributed by atoms with Crippen LogP contribution in [0.1, 0.15) is 62.9 Å². The van der Waals surface area contributed by atoms with Crippen LogP contribution < -0.4 is 5.32 Å². The molecule has 2 saturated carbocycles. The molecule has 1 aliphatic heterocycles. The molecule has 1 atom stereocenters. The molecule has 2 aliphatic carbocycles. The highest BCUT2D eigenvalue weighted by atomic mass is 16.5. The summed E-state index contributed by atoms with van der Waals surface area (Å²) in [6.07, 6.45) is 12.8. The van der Waals surface area contributed by atoms with E-state index in [1.807, 2.05) is 6.20 Å². The van der Waals surface area contributed by atoms with E-state index in [4.69, 9.17) is 4.74 Å². The maximum absolute atomic E-state index is 6.46. The molecule has 4 heteroatoms. The molecule has 1 aromatic rings. The zero-order valence-corrected chi connectivity index (χ0v) is 13.1. The molecule has 0 bridgehead atoms. The molecule has 2 heterocycles. The standard InChI is InChI=1S/C17H27N3O/c1-13-18-10-15(11-19-14-4-5-14)20(13)12-16-6-9-17(21-16)7-2-3-8-17/h10,14,16,19H,2-9,11-12H2,1H3. The first kappa shape index (κ1) is 13.8. The summed E-state index contributed by atoms with van der Waals surface area (Å²) < 4.78 is 8.83. The van der Waals surface area contributed by atoms with Gasteiger partial charge in [0.2, 0.25) is 0 Å². The lowest BCUT2D eigenvalue weighted by Gasteiger charge is -2.24. The van der Waals surface area contributed by atoms with E-state index < -0.39 is 0 Å². The average molecular weight is 289 g/mol. The van der Waals surface area contributed by atoms with E-state index in [0.29, 0.717) is 6.10 Å². The highest BCUT2D eigenvalue weighted by Crippen LogP contribution is 2.43. The van der Waals surface area contributed by atoms with Crippen molar-refractivity contribution in [2.45, 2.75) is 89.1 Å². The molecule has 0 aromatic carbocycles. The van der Waals surface area contributed by atoms with Crippen molar-refractivity contribution in [2.24, 2.45) is 0 Å². The SMILES string of the molecule is Cc1ncc(CNC2CC2)n1CC1CCC2(CCCC2)O1. The van der Waals surface area contributed by atoms with Crippen LogP contribution in [0.15, 0.2) is 6.20 Å². The number of hydrogen-bond donors (Lipinski definition) is 1. The third kappa shape index (κ3) is 2.88. The Kier molecular flexibility index (Phi) is 3.54. The summed E-state index contributed by atoms with van der Waals surface area (Å²) in [5.41, 5.74) is 1.56. The summed E-state index contributed by atoms with van der Waals surface area (Å²) in [4.78, 5) is 4.51. The first-order valence-corrected chi connectivity index (χ1v) is 8.66. The van der Waals surface area contributed by atoms with Gasteiger partial charge in [0.15, 0.2) is 0 Å². The van der Waals surface area contributed by atoms with Crippen LogP contribution in [-0.4, -0.2) is 27.3 Å². The molecular formula is C17H27N3O. The maximum Gasteiger partial charge on any atom is 0.105 e. The number of aromatic nitrogens is 2. The van der Waals surface area contributed by atoms with E-state index >= 15 is 0 Å². The molecule has 116 valence electrons. The minimum atomic E-state index is 0.242. The largest absolute Gasteiger partial charge is 0.370 e. The summed E-state index contributed by atoms with van der Waals surface area (Å²) in [5.74, 6) is 1.12. The van der Waals surface area contributed by atoms with Gasteiger partial charge in [-0.15, -0.1) is 0 Å². The first-order chi connectivity index (χ1) is 10.2. The highest BCUT2D eigenvalue weighted by molar-refractivity contribution is 5.06. The monoisotopic (exact) mass is 289 g/mol. The second kappa shape index (κ2) is 5.40. The number of imidazole rings is 1. The molecular weight excluding hydrogens is 262 g/mol. The van der Waals surface area contributed by atoms with Gasteiger partial charge in [-0.3, -0.25) is 0 Å². The predicted octanol–water partition coefficient (Wildman–Crippen LogP) is 2.94. The molecule has 3 fully saturated rings. The van der Waals surface area contributed by atoms with Crippen molar-refractivity contribution in [1.82, 2.24) is 14.9 Å². The molecule has 3 aliphatic rings. The fraction of sp³-hybridized carbons (Fsp3) is 0.824. The second-order valence-corrected chi connectivity index (χ2v) is 7.23. The van der Waals surface area contributed by atoms with Gasteiger partial charge in [0.25, 0.3) is 0 Å². The van der Waals surface area contributed by atoms with Crippen molar-refractivity contribution in [3.63, 3.8) is 0 Å². The lowest BCUT2D eigenvalue weighted by Crippen LogP contribution is -2.28. The molecule has 1 unspecified atom stereocenters. The fourth-order valence-corrected chi connectivity index (χ4v) is 4.06. The zero-order chi connectivity index (χ0) is 14.3. The zero-order valence-electron chi connectivity index (χ0n) is 13.1. The van der Waals surface area contributed by atoms with Gasteiger partial charge in [-0.1, -0.05) is 12.8 Å². The van der Waals surface area contributed by atoms with Crippen molar-refractivity contribution in [3.05, 3.63) is 17.7 Å². The van der Waals surface area contributed by atoms with Crippen LogP contribution >= 0.6 is 0 Å². The normalized spacial score (nSPS) is 27.8. The minimum Gasteiger partial charge on any atom is -0.370 e. The fourth-order valence-electron chi connectivity index (χ4n) is 4.06. The van der Waals surface area contributed by atoms with Crippen LogP contribution in [-0.2, 0) is 17.8 Å². The third-order valence-electron chi connectivity index (χ3n) is 5.53. The van der Waals surface area contributed by atoms with Crippen molar-refractivity contribution < 1.29 is 4.74 Å². The van der Waals surface area contributed by atoms with Crippen LogP contribution in [0.4, 0.5) is 0 Å². The van der Waals surface area contributed by atoms with E-state index in [1.165, 1.54) is 57.1 Å². The molecule has 1 aromatic heterocycles. The van der Waals surface area contributed by atoms with E-state index in [2.05, 4.69) is 21.8 Å². The summed E-state index contributed by atoms with van der Waals surface area (Å²) in [7, 11) is 0. The van der Waals surface area contributed by atoms with Crippen LogP contribution in [0.2, 0.25) is 0 Å². The summed E-state index contributed by atoms with van der Waals surface area (Å²) in [6.45, 7) is 4.04. The van der Waals surface area contributed by atoms with Gasteiger partial charge in [0, 0.05) is 18.8 Å². The highest BCUT2D eigenvalue weighted by Gasteiger charge is 2.42. The van der Waals surface area contributed by atoms with Gasteiger partial charge in [-0.2, -0.15) is 0 Å². The Balaban J connectivity index is 1.40. The van der Waals surface area contributed by atoms with E-state index in [9.17, 15) is 0 Å². The number of hydrogen-bond acceptors (Lipinski definition) is 3. The van der Waals surface area contributed by atoms with Crippen molar-refractivity contribution in [1.29, 1.82) is 0 Å². The average Bonchev–Trinajstić information content (AvgIpc) is 2.91. The topological polar surface area (TPSA) is 39.1 Å². The van der Waals surface area contributed by atoms with Gasteiger partial charge in [0.1, 0.15) is 5.82 Å². The van der Waals surface area contributed by atoms with E-state index in [1.54, 1.807) is 0 Å². The lowest BCUT2D eigenvalue weighted by molar-refractivity contribution is -0.0422. The second-order valence-electron chi connectivity index (χ2n) is 7.23. The summed E-state index contributed by atoms with van der Waals surface area (Å²) in [5, 5.41) is 3.60. The van der Waals surface area contributed by atoms with Crippen molar-refractivity contribution in [2.75, 3.05) is 0 Å². The Labute approximate surface area is 127 Å². The van der Waals surface area contributed by atoms with Gasteiger partial charge in [-0.25, -0.2) is 4.98 Å². The minimum absolute atomic E-state index is 0.242. The Morgan fingerprint density at radius 1 is 1.29 bits per heavy atom. The third-order valence-corrected chi connectivity index (χ3v) is 5.53. The first-order valence-electron chi connectivity index (χ1n) is 8.66. The predicted molar refractivity (Wildman–Crippen MR) is 82.1 cm³/mol.